The Morgan fingerprint density at radius 1 is 0.826 bits per heavy atom. The Labute approximate surface area is 269 Å². The molecule has 236 valence electrons. The zero-order valence-corrected chi connectivity index (χ0v) is 26.4. The molecule has 1 N–H and O–H groups in total. The largest absolute Gasteiger partial charge is 0.478 e. The minimum absolute atomic E-state index is 0.0100. The van der Waals surface area contributed by atoms with Crippen molar-refractivity contribution in [2.45, 2.75) is 59.1 Å². The Morgan fingerprint density at radius 2 is 1.50 bits per heavy atom. The van der Waals surface area contributed by atoms with Gasteiger partial charge in [-0.3, -0.25) is 9.59 Å². The van der Waals surface area contributed by atoms with Crippen LogP contribution in [0.3, 0.4) is 0 Å². The summed E-state index contributed by atoms with van der Waals surface area (Å²) in [6.45, 7) is 5.03. The summed E-state index contributed by atoms with van der Waals surface area (Å²) in [5.41, 5.74) is 6.59. The van der Waals surface area contributed by atoms with Gasteiger partial charge in [-0.05, 0) is 72.2 Å². The molecular formula is C39H40N2O5. The average molecular weight is 617 g/mol. The maximum Gasteiger partial charge on any atom is 0.335 e. The number of carboxylic acid groups (broad SMARTS) is 1. The summed E-state index contributed by atoms with van der Waals surface area (Å²) in [4.78, 5) is 43.1. The molecule has 0 fully saturated rings. The first kappa shape index (κ1) is 32.5. The van der Waals surface area contributed by atoms with E-state index in [9.17, 15) is 19.5 Å². The number of ether oxygens (including phenoxy) is 1. The van der Waals surface area contributed by atoms with Gasteiger partial charge in [0.25, 0.3) is 0 Å². The van der Waals surface area contributed by atoms with Crippen molar-refractivity contribution in [2.24, 2.45) is 5.92 Å². The van der Waals surface area contributed by atoms with Crippen LogP contribution in [0.4, 0.5) is 0 Å². The van der Waals surface area contributed by atoms with Crippen molar-refractivity contribution in [1.82, 2.24) is 9.55 Å². The highest BCUT2D eigenvalue weighted by atomic mass is 16.5. The number of carbonyl (C=O) groups is 3. The van der Waals surface area contributed by atoms with Crippen LogP contribution >= 0.6 is 0 Å². The molecule has 4 aromatic carbocycles. The first-order chi connectivity index (χ1) is 22.3. The summed E-state index contributed by atoms with van der Waals surface area (Å²) < 4.78 is 7.88. The van der Waals surface area contributed by atoms with Gasteiger partial charge in [-0.15, -0.1) is 0 Å². The van der Waals surface area contributed by atoms with Gasteiger partial charge in [-0.2, -0.15) is 0 Å². The Hall–Kier alpha value is -4.88. The minimum Gasteiger partial charge on any atom is -0.478 e. The molecule has 7 nitrogen and oxygen atoms in total. The van der Waals surface area contributed by atoms with Crippen molar-refractivity contribution in [2.75, 3.05) is 6.61 Å². The normalized spacial score (nSPS) is 11.9. The van der Waals surface area contributed by atoms with E-state index in [1.54, 1.807) is 12.1 Å². The number of aromatic nitrogens is 2. The molecule has 0 radical (unpaired) electrons. The van der Waals surface area contributed by atoms with E-state index in [-0.39, 0.29) is 42.5 Å². The van der Waals surface area contributed by atoms with E-state index in [0.717, 1.165) is 52.0 Å². The van der Waals surface area contributed by atoms with Crippen molar-refractivity contribution in [3.63, 3.8) is 0 Å². The number of ketones is 2. The number of aryl methyl sites for hydroxylation is 2. The second-order valence-electron chi connectivity index (χ2n) is 11.9. The molecule has 0 amide bonds. The SMILES string of the molecule is CCCc1nc2cc(C(=O)C[C@@H](CC(=O)COCc3ccccc3)Cc3ccccc3)cc(C)c2n1Cc1ccc(C(=O)O)cc1. The molecule has 0 saturated carbocycles. The standard InChI is InChI=1S/C39H40N2O5/c1-3-10-37-40-35-23-33(19-27(2)38(35)41(37)24-29-15-17-32(18-16-29)39(44)45)36(43)22-31(20-28-11-6-4-7-12-28)21-34(42)26-46-25-30-13-8-5-9-14-30/h4-9,11-19,23,31H,3,10,20-22,24-26H2,1-2H3,(H,44,45)/t31-/m1/s1. The Kier molecular flexibility index (Phi) is 10.9. The van der Waals surface area contributed by atoms with Crippen molar-refractivity contribution < 1.29 is 24.2 Å². The molecule has 5 rings (SSSR count). The zero-order valence-electron chi connectivity index (χ0n) is 26.4. The lowest BCUT2D eigenvalue weighted by atomic mass is 9.88. The maximum atomic E-state index is 13.8. The summed E-state index contributed by atoms with van der Waals surface area (Å²) in [5.74, 6) is -0.224. The fraction of sp³-hybridized carbons (Fsp3) is 0.282. The van der Waals surface area contributed by atoms with Crippen molar-refractivity contribution >= 4 is 28.6 Å². The van der Waals surface area contributed by atoms with Gasteiger partial charge in [0, 0.05) is 31.4 Å². The van der Waals surface area contributed by atoms with Crippen LogP contribution in [0, 0.1) is 12.8 Å². The summed E-state index contributed by atoms with van der Waals surface area (Å²) in [6, 6.07) is 30.4. The molecular weight excluding hydrogens is 576 g/mol. The van der Waals surface area contributed by atoms with Crippen LogP contribution in [0.5, 0.6) is 0 Å². The summed E-state index contributed by atoms with van der Waals surface area (Å²) in [5, 5.41) is 9.27. The summed E-state index contributed by atoms with van der Waals surface area (Å²) in [6.07, 6.45) is 2.80. The summed E-state index contributed by atoms with van der Waals surface area (Å²) >= 11 is 0. The highest BCUT2D eigenvalue weighted by Crippen LogP contribution is 2.27. The Bertz CT molecular complexity index is 1790. The van der Waals surface area contributed by atoms with Gasteiger partial charge in [-0.25, -0.2) is 9.78 Å². The third-order valence-electron chi connectivity index (χ3n) is 8.18. The molecule has 0 aliphatic heterocycles. The number of aromatic carboxylic acids is 1. The van der Waals surface area contributed by atoms with Gasteiger partial charge in [0.15, 0.2) is 11.6 Å². The van der Waals surface area contributed by atoms with Crippen molar-refractivity contribution in [1.29, 1.82) is 0 Å². The van der Waals surface area contributed by atoms with E-state index in [1.165, 1.54) is 0 Å². The number of carbonyl (C=O) groups excluding carboxylic acids is 2. The van der Waals surface area contributed by atoms with Crippen molar-refractivity contribution in [3.8, 4) is 0 Å². The van der Waals surface area contributed by atoms with Gasteiger partial charge in [-0.1, -0.05) is 79.7 Å². The molecule has 1 atom stereocenters. The number of hydrogen-bond acceptors (Lipinski definition) is 5. The van der Waals surface area contributed by atoms with Gasteiger partial charge >= 0.3 is 5.97 Å². The molecule has 5 aromatic rings. The van der Waals surface area contributed by atoms with Crippen LogP contribution in [0.2, 0.25) is 0 Å². The van der Waals surface area contributed by atoms with Gasteiger partial charge < -0.3 is 14.4 Å². The second-order valence-corrected chi connectivity index (χ2v) is 11.9. The van der Waals surface area contributed by atoms with Crippen LogP contribution < -0.4 is 0 Å². The smallest absolute Gasteiger partial charge is 0.335 e. The predicted molar refractivity (Wildman–Crippen MR) is 179 cm³/mol. The summed E-state index contributed by atoms with van der Waals surface area (Å²) in [7, 11) is 0. The van der Waals surface area contributed by atoms with E-state index in [0.29, 0.717) is 25.1 Å². The second kappa shape index (κ2) is 15.4. The number of hydrogen-bond donors (Lipinski definition) is 1. The topological polar surface area (TPSA) is 98.5 Å². The molecule has 0 aliphatic rings. The van der Waals surface area contributed by atoms with Crippen LogP contribution in [0.1, 0.15) is 75.0 Å². The van der Waals surface area contributed by atoms with E-state index in [1.807, 2.05) is 91.9 Å². The number of Topliss-reactive ketones (excluding diaryl/α,β-unsaturated/α-hetero) is 2. The molecule has 1 aromatic heterocycles. The monoisotopic (exact) mass is 616 g/mol. The lowest BCUT2D eigenvalue weighted by Crippen LogP contribution is -2.19. The highest BCUT2D eigenvalue weighted by molar-refractivity contribution is 6.00. The number of benzene rings is 4. The van der Waals surface area contributed by atoms with E-state index < -0.39 is 5.97 Å². The van der Waals surface area contributed by atoms with Crippen LogP contribution in [0.15, 0.2) is 97.1 Å². The number of imidazole rings is 1. The highest BCUT2D eigenvalue weighted by Gasteiger charge is 2.22. The lowest BCUT2D eigenvalue weighted by molar-refractivity contribution is -0.124. The van der Waals surface area contributed by atoms with Crippen molar-refractivity contribution in [3.05, 3.63) is 136 Å². The van der Waals surface area contributed by atoms with Crippen LogP contribution in [-0.2, 0) is 35.5 Å². The molecule has 0 bridgehead atoms. The molecule has 0 saturated heterocycles. The number of carboxylic acids is 1. The molecule has 0 aliphatic carbocycles. The minimum atomic E-state index is -0.953. The van der Waals surface area contributed by atoms with Gasteiger partial charge in [0.05, 0.1) is 23.2 Å². The predicted octanol–water partition coefficient (Wildman–Crippen LogP) is 7.65. The molecule has 0 unspecified atom stereocenters. The first-order valence-electron chi connectivity index (χ1n) is 15.8. The van der Waals surface area contributed by atoms with E-state index in [2.05, 4.69) is 11.5 Å². The van der Waals surface area contributed by atoms with Crippen LogP contribution in [0.25, 0.3) is 11.0 Å². The van der Waals surface area contributed by atoms with E-state index in [4.69, 9.17) is 9.72 Å². The fourth-order valence-electron chi connectivity index (χ4n) is 5.99. The van der Waals surface area contributed by atoms with E-state index >= 15 is 0 Å². The van der Waals surface area contributed by atoms with Crippen LogP contribution in [-0.4, -0.2) is 38.8 Å². The third kappa shape index (κ3) is 8.43. The van der Waals surface area contributed by atoms with Gasteiger partial charge in [0.1, 0.15) is 12.4 Å². The Morgan fingerprint density at radius 3 is 2.15 bits per heavy atom. The van der Waals surface area contributed by atoms with Gasteiger partial charge in [0.2, 0.25) is 0 Å². The quantitative estimate of drug-likeness (QED) is 0.114. The average Bonchev–Trinajstić information content (AvgIpc) is 3.39. The lowest BCUT2D eigenvalue weighted by Gasteiger charge is -2.17. The first-order valence-corrected chi connectivity index (χ1v) is 15.8. The molecule has 46 heavy (non-hydrogen) atoms. The number of nitrogens with zero attached hydrogens (tertiary/aromatic N) is 2. The Balaban J connectivity index is 1.34. The maximum absolute atomic E-state index is 13.8. The fourth-order valence-corrected chi connectivity index (χ4v) is 5.99. The molecule has 1 heterocycles. The zero-order chi connectivity index (χ0) is 32.5. The molecule has 0 spiro atoms. The third-order valence-corrected chi connectivity index (χ3v) is 8.18. The number of fused-ring (bicyclic) bond motifs is 1. The molecule has 7 heteroatoms. The number of rotatable bonds is 16.